The Hall–Kier alpha value is -2.14. The van der Waals surface area contributed by atoms with Crippen LogP contribution < -0.4 is 0 Å². The maximum Gasteiger partial charge on any atom is 0.159 e. The zero-order valence-corrected chi connectivity index (χ0v) is 9.85. The third kappa shape index (κ3) is 2.92. The molecule has 0 aliphatic rings. The van der Waals surface area contributed by atoms with Crippen LogP contribution in [0.5, 0.6) is 0 Å². The predicted octanol–water partition coefficient (Wildman–Crippen LogP) is 3.02. The van der Waals surface area contributed by atoms with Gasteiger partial charge in [-0.3, -0.25) is 0 Å². The van der Waals surface area contributed by atoms with E-state index in [1.165, 1.54) is 5.56 Å². The second kappa shape index (κ2) is 5.27. The maximum absolute atomic E-state index is 5.24. The topological polar surface area (TPSA) is 25.8 Å². The van der Waals surface area contributed by atoms with Crippen LogP contribution in [-0.2, 0) is 6.42 Å². The van der Waals surface area contributed by atoms with Crippen LogP contribution >= 0.6 is 0 Å². The van der Waals surface area contributed by atoms with E-state index in [9.17, 15) is 0 Å². The first-order valence-electron chi connectivity index (χ1n) is 5.61. The number of hydrogen-bond donors (Lipinski definition) is 0. The van der Waals surface area contributed by atoms with E-state index < -0.39 is 0 Å². The molecule has 0 radical (unpaired) electrons. The van der Waals surface area contributed by atoms with Crippen molar-refractivity contribution in [2.75, 3.05) is 0 Å². The molecule has 0 saturated heterocycles. The van der Waals surface area contributed by atoms with Gasteiger partial charge in [-0.25, -0.2) is 9.97 Å². The smallest absolute Gasteiger partial charge is 0.159 e. The van der Waals surface area contributed by atoms with Crippen molar-refractivity contribution in [2.24, 2.45) is 0 Å². The Morgan fingerprint density at radius 3 is 2.35 bits per heavy atom. The first-order chi connectivity index (χ1) is 8.29. The van der Waals surface area contributed by atoms with Gasteiger partial charge in [0.05, 0.1) is 0 Å². The number of aryl methyl sites for hydroxylation is 2. The van der Waals surface area contributed by atoms with E-state index in [1.54, 1.807) is 0 Å². The molecule has 0 amide bonds. The number of nitrogens with zero attached hydrogens (tertiary/aromatic N) is 2. The van der Waals surface area contributed by atoms with Crippen LogP contribution in [-0.4, -0.2) is 9.97 Å². The highest BCUT2D eigenvalue weighted by Gasteiger charge is 2.00. The summed E-state index contributed by atoms with van der Waals surface area (Å²) in [6, 6.07) is 8.23. The summed E-state index contributed by atoms with van der Waals surface area (Å²) in [5.74, 6) is 3.41. The average Bonchev–Trinajstić information content (AvgIpc) is 2.38. The lowest BCUT2D eigenvalue weighted by Crippen LogP contribution is -1.90. The highest BCUT2D eigenvalue weighted by molar-refractivity contribution is 5.55. The van der Waals surface area contributed by atoms with Crippen LogP contribution in [0.25, 0.3) is 11.4 Å². The number of rotatable bonds is 3. The maximum atomic E-state index is 5.24. The Kier molecular flexibility index (Phi) is 3.52. The lowest BCUT2D eigenvalue weighted by Gasteiger charge is -2.02. The van der Waals surface area contributed by atoms with E-state index in [0.29, 0.717) is 0 Å². The molecule has 1 aromatic carbocycles. The van der Waals surface area contributed by atoms with Gasteiger partial charge in [0.15, 0.2) is 5.82 Å². The highest BCUT2D eigenvalue weighted by atomic mass is 14.9. The Morgan fingerprint density at radius 1 is 1.12 bits per heavy atom. The second-order valence-corrected chi connectivity index (χ2v) is 3.99. The first kappa shape index (κ1) is 11.3. The third-order valence-electron chi connectivity index (χ3n) is 2.55. The van der Waals surface area contributed by atoms with Crippen molar-refractivity contribution in [3.63, 3.8) is 0 Å². The number of aromatic nitrogens is 2. The van der Waals surface area contributed by atoms with Gasteiger partial charge in [0.25, 0.3) is 0 Å². The van der Waals surface area contributed by atoms with Crippen LogP contribution in [0.15, 0.2) is 36.7 Å². The molecule has 0 aliphatic heterocycles. The fourth-order valence-electron chi connectivity index (χ4n) is 1.58. The molecule has 0 aliphatic carbocycles. The van der Waals surface area contributed by atoms with E-state index in [1.807, 2.05) is 31.5 Å². The lowest BCUT2D eigenvalue weighted by molar-refractivity contribution is 1.03. The zero-order chi connectivity index (χ0) is 12.1. The van der Waals surface area contributed by atoms with Gasteiger partial charge in [-0.15, -0.1) is 12.3 Å². The number of hydrogen-bond acceptors (Lipinski definition) is 2. The molecule has 1 heterocycles. The normalized spacial score (nSPS) is 9.88. The Bertz CT molecular complexity index is 518. The molecule has 0 N–H and O–H groups in total. The minimum Gasteiger partial charge on any atom is -0.236 e. The van der Waals surface area contributed by atoms with Crippen molar-refractivity contribution in [3.8, 4) is 23.7 Å². The van der Waals surface area contributed by atoms with Gasteiger partial charge in [-0.1, -0.05) is 24.3 Å². The molecule has 0 bridgehead atoms. The summed E-state index contributed by atoms with van der Waals surface area (Å²) in [6.07, 6.45) is 10.6. The molecule has 0 atom stereocenters. The van der Waals surface area contributed by atoms with Crippen molar-refractivity contribution in [3.05, 3.63) is 47.8 Å². The number of terminal acetylenes is 1. The van der Waals surface area contributed by atoms with Crippen molar-refractivity contribution < 1.29 is 0 Å². The summed E-state index contributed by atoms with van der Waals surface area (Å²) >= 11 is 0. The second-order valence-electron chi connectivity index (χ2n) is 3.99. The minimum absolute atomic E-state index is 0.763. The van der Waals surface area contributed by atoms with Crippen molar-refractivity contribution in [1.82, 2.24) is 9.97 Å². The molecule has 2 aromatic rings. The van der Waals surface area contributed by atoms with Gasteiger partial charge in [0.1, 0.15) is 0 Å². The highest BCUT2D eigenvalue weighted by Crippen LogP contribution is 2.15. The molecule has 0 fully saturated rings. The van der Waals surface area contributed by atoms with Gasteiger partial charge in [-0.2, -0.15) is 0 Å². The van der Waals surface area contributed by atoms with Crippen LogP contribution in [0, 0.1) is 19.3 Å². The lowest BCUT2D eigenvalue weighted by atomic mass is 10.1. The largest absolute Gasteiger partial charge is 0.236 e. The number of benzene rings is 1. The summed E-state index contributed by atoms with van der Waals surface area (Å²) in [4.78, 5) is 8.59. The molecule has 0 saturated carbocycles. The molecule has 2 nitrogen and oxygen atoms in total. The molecule has 17 heavy (non-hydrogen) atoms. The van der Waals surface area contributed by atoms with Crippen LogP contribution in [0.3, 0.4) is 0 Å². The molecule has 0 unspecified atom stereocenters. The van der Waals surface area contributed by atoms with E-state index in [4.69, 9.17) is 6.42 Å². The van der Waals surface area contributed by atoms with Crippen LogP contribution in [0.4, 0.5) is 0 Å². The SMILES string of the molecule is C#CCCc1ccc(-c2ncc(C)cn2)cc1. The monoisotopic (exact) mass is 222 g/mol. The molecular formula is C15H14N2. The Morgan fingerprint density at radius 2 is 1.76 bits per heavy atom. The van der Waals surface area contributed by atoms with Gasteiger partial charge in [0, 0.05) is 24.4 Å². The molecule has 84 valence electrons. The molecule has 1 aromatic heterocycles. The van der Waals surface area contributed by atoms with E-state index in [2.05, 4.69) is 28.0 Å². The standard InChI is InChI=1S/C15H14N2/c1-3-4-5-13-6-8-14(9-7-13)15-16-10-12(2)11-17-15/h1,6-11H,4-5H2,2H3. The third-order valence-corrected chi connectivity index (χ3v) is 2.55. The Labute approximate surface area is 102 Å². The van der Waals surface area contributed by atoms with Gasteiger partial charge in [0.2, 0.25) is 0 Å². The molecule has 2 heteroatoms. The van der Waals surface area contributed by atoms with Gasteiger partial charge in [-0.05, 0) is 24.5 Å². The van der Waals surface area contributed by atoms with E-state index in [-0.39, 0.29) is 0 Å². The van der Waals surface area contributed by atoms with Crippen molar-refractivity contribution in [2.45, 2.75) is 19.8 Å². The first-order valence-corrected chi connectivity index (χ1v) is 5.61. The average molecular weight is 222 g/mol. The molecule has 0 spiro atoms. The fourth-order valence-corrected chi connectivity index (χ4v) is 1.58. The molecule has 2 rings (SSSR count). The summed E-state index contributed by atoms with van der Waals surface area (Å²) in [7, 11) is 0. The van der Waals surface area contributed by atoms with Gasteiger partial charge >= 0.3 is 0 Å². The Balaban J connectivity index is 2.18. The summed E-state index contributed by atoms with van der Waals surface area (Å²) < 4.78 is 0. The van der Waals surface area contributed by atoms with E-state index in [0.717, 1.165) is 29.8 Å². The van der Waals surface area contributed by atoms with Crippen LogP contribution in [0.2, 0.25) is 0 Å². The zero-order valence-electron chi connectivity index (χ0n) is 9.85. The summed E-state index contributed by atoms with van der Waals surface area (Å²) in [5.41, 5.74) is 3.35. The van der Waals surface area contributed by atoms with Crippen LogP contribution in [0.1, 0.15) is 17.5 Å². The fraction of sp³-hybridized carbons (Fsp3) is 0.200. The van der Waals surface area contributed by atoms with Crippen molar-refractivity contribution >= 4 is 0 Å². The molecular weight excluding hydrogens is 208 g/mol. The summed E-state index contributed by atoms with van der Waals surface area (Å²) in [5, 5.41) is 0. The predicted molar refractivity (Wildman–Crippen MR) is 69.4 cm³/mol. The van der Waals surface area contributed by atoms with E-state index >= 15 is 0 Å². The minimum atomic E-state index is 0.763. The van der Waals surface area contributed by atoms with Crippen molar-refractivity contribution in [1.29, 1.82) is 0 Å². The summed E-state index contributed by atoms with van der Waals surface area (Å²) in [6.45, 7) is 1.98. The quantitative estimate of drug-likeness (QED) is 0.746. The van der Waals surface area contributed by atoms with Gasteiger partial charge < -0.3 is 0 Å².